The first-order valence-corrected chi connectivity index (χ1v) is 9.16. The normalized spacial score (nSPS) is 11.4. The Hall–Kier alpha value is -2.59. The lowest BCUT2D eigenvalue weighted by Crippen LogP contribution is -2.23. The zero-order valence-corrected chi connectivity index (χ0v) is 16.7. The van der Waals surface area contributed by atoms with Crippen molar-refractivity contribution in [2.24, 2.45) is 0 Å². The van der Waals surface area contributed by atoms with Crippen molar-refractivity contribution >= 4 is 11.6 Å². The smallest absolute Gasteiger partial charge is 0.277 e. The zero-order chi connectivity index (χ0) is 19.6. The van der Waals surface area contributed by atoms with Crippen molar-refractivity contribution in [2.75, 3.05) is 7.11 Å². The fraction of sp³-hybridized carbons (Fsp3) is 0.273. The molecule has 27 heavy (non-hydrogen) atoms. The topological polar surface area (TPSA) is 44.1 Å². The Morgan fingerprint density at radius 1 is 1.04 bits per heavy atom. The second kappa shape index (κ2) is 7.57. The molecule has 0 aliphatic rings. The Morgan fingerprint density at radius 2 is 1.67 bits per heavy atom. The average molecular weight is 383 g/mol. The molecule has 0 radical (unpaired) electrons. The number of ether oxygens (including phenoxy) is 1. The van der Waals surface area contributed by atoms with Gasteiger partial charge in [-0.3, -0.25) is 4.79 Å². The molecule has 0 amide bonds. The van der Waals surface area contributed by atoms with E-state index in [-0.39, 0.29) is 16.1 Å². The Labute approximate surface area is 164 Å². The van der Waals surface area contributed by atoms with Gasteiger partial charge in [0.25, 0.3) is 5.56 Å². The van der Waals surface area contributed by atoms with Crippen LogP contribution in [0.15, 0.2) is 59.5 Å². The number of hydrogen-bond acceptors (Lipinski definition) is 3. The number of rotatable bonds is 4. The van der Waals surface area contributed by atoms with Crippen molar-refractivity contribution in [3.05, 3.63) is 81.4 Å². The van der Waals surface area contributed by atoms with E-state index in [0.717, 1.165) is 16.9 Å². The minimum absolute atomic E-state index is 0.0505. The van der Waals surface area contributed by atoms with Crippen LogP contribution in [0.2, 0.25) is 5.15 Å². The molecule has 140 valence electrons. The van der Waals surface area contributed by atoms with Gasteiger partial charge in [-0.25, -0.2) is 4.98 Å². The summed E-state index contributed by atoms with van der Waals surface area (Å²) < 4.78 is 6.76. The first-order valence-electron chi connectivity index (χ1n) is 8.79. The summed E-state index contributed by atoms with van der Waals surface area (Å²) in [6.07, 6.45) is 1.57. The molecule has 0 fully saturated rings. The van der Waals surface area contributed by atoms with Gasteiger partial charge in [0.2, 0.25) is 0 Å². The van der Waals surface area contributed by atoms with Crippen LogP contribution < -0.4 is 10.3 Å². The maximum Gasteiger partial charge on any atom is 0.277 e. The molecule has 0 saturated heterocycles. The summed E-state index contributed by atoms with van der Waals surface area (Å²) in [6, 6.07) is 15.5. The molecule has 0 N–H and O–H groups in total. The van der Waals surface area contributed by atoms with Crippen LogP contribution in [0, 0.1) is 0 Å². The van der Waals surface area contributed by atoms with Crippen LogP contribution in [0.4, 0.5) is 0 Å². The number of methoxy groups -OCH3 is 1. The predicted molar refractivity (Wildman–Crippen MR) is 110 cm³/mol. The summed E-state index contributed by atoms with van der Waals surface area (Å²) in [6.45, 7) is 6.88. The lowest BCUT2D eigenvalue weighted by Gasteiger charge is -2.19. The van der Waals surface area contributed by atoms with Crippen LogP contribution in [0.1, 0.15) is 31.9 Å². The second-order valence-corrected chi connectivity index (χ2v) is 7.91. The quantitative estimate of drug-likeness (QED) is 0.643. The van der Waals surface area contributed by atoms with Gasteiger partial charge in [-0.05, 0) is 28.7 Å². The van der Waals surface area contributed by atoms with E-state index in [9.17, 15) is 4.79 Å². The molecular weight excluding hydrogens is 360 g/mol. The van der Waals surface area contributed by atoms with E-state index in [2.05, 4.69) is 25.8 Å². The van der Waals surface area contributed by atoms with Crippen LogP contribution in [0.5, 0.6) is 5.75 Å². The lowest BCUT2D eigenvalue weighted by molar-refractivity contribution is 0.414. The van der Waals surface area contributed by atoms with Gasteiger partial charge in [0, 0.05) is 11.8 Å². The molecule has 1 aromatic heterocycles. The highest BCUT2D eigenvalue weighted by molar-refractivity contribution is 6.29. The van der Waals surface area contributed by atoms with Crippen molar-refractivity contribution in [3.8, 4) is 17.0 Å². The molecule has 0 unspecified atom stereocenters. The molecule has 5 heteroatoms. The lowest BCUT2D eigenvalue weighted by atomic mass is 9.86. The molecule has 0 saturated carbocycles. The number of hydrogen-bond donors (Lipinski definition) is 0. The van der Waals surface area contributed by atoms with Crippen molar-refractivity contribution in [1.29, 1.82) is 0 Å². The molecule has 3 aromatic rings. The fourth-order valence-corrected chi connectivity index (χ4v) is 3.07. The maximum absolute atomic E-state index is 12.9. The van der Waals surface area contributed by atoms with Crippen LogP contribution in [0.25, 0.3) is 11.3 Å². The average Bonchev–Trinajstić information content (AvgIpc) is 2.64. The van der Waals surface area contributed by atoms with Crippen LogP contribution >= 0.6 is 11.6 Å². The van der Waals surface area contributed by atoms with Gasteiger partial charge in [0.15, 0.2) is 0 Å². The summed E-state index contributed by atoms with van der Waals surface area (Å²) in [5.74, 6) is 0.776. The summed E-state index contributed by atoms with van der Waals surface area (Å²) in [5, 5.41) is 0.290. The van der Waals surface area contributed by atoms with Gasteiger partial charge >= 0.3 is 0 Å². The highest BCUT2D eigenvalue weighted by Gasteiger charge is 2.15. The molecule has 0 atom stereocenters. The minimum Gasteiger partial charge on any atom is -0.497 e. The third kappa shape index (κ3) is 4.40. The monoisotopic (exact) mass is 382 g/mol. The number of nitrogens with zero attached hydrogens (tertiary/aromatic N) is 2. The van der Waals surface area contributed by atoms with Crippen molar-refractivity contribution in [1.82, 2.24) is 9.55 Å². The van der Waals surface area contributed by atoms with Gasteiger partial charge in [0.05, 0.1) is 13.7 Å². The number of aromatic nitrogens is 2. The SMILES string of the molecule is COc1ccc(Cn2cc(Cl)nc(-c3ccc(C(C)(C)C)cc3)c2=O)cc1. The van der Waals surface area contributed by atoms with Crippen LogP contribution in [0.3, 0.4) is 0 Å². The number of halogens is 1. The Kier molecular flexibility index (Phi) is 5.38. The molecule has 0 aliphatic heterocycles. The summed E-state index contributed by atoms with van der Waals surface area (Å²) in [4.78, 5) is 17.2. The Bertz CT molecular complexity index is 985. The van der Waals surface area contributed by atoms with Gasteiger partial charge in [0.1, 0.15) is 16.6 Å². The van der Waals surface area contributed by atoms with E-state index in [0.29, 0.717) is 12.2 Å². The fourth-order valence-electron chi connectivity index (χ4n) is 2.87. The Morgan fingerprint density at radius 3 is 2.22 bits per heavy atom. The van der Waals surface area contributed by atoms with E-state index in [1.54, 1.807) is 17.9 Å². The molecule has 2 aromatic carbocycles. The molecule has 0 aliphatic carbocycles. The highest BCUT2D eigenvalue weighted by Crippen LogP contribution is 2.25. The summed E-state index contributed by atoms with van der Waals surface area (Å²) in [5.41, 5.74) is 3.18. The largest absolute Gasteiger partial charge is 0.497 e. The van der Waals surface area contributed by atoms with E-state index >= 15 is 0 Å². The van der Waals surface area contributed by atoms with E-state index in [1.165, 1.54) is 5.56 Å². The van der Waals surface area contributed by atoms with E-state index in [4.69, 9.17) is 16.3 Å². The van der Waals surface area contributed by atoms with Gasteiger partial charge < -0.3 is 9.30 Å². The highest BCUT2D eigenvalue weighted by atomic mass is 35.5. The third-order valence-electron chi connectivity index (χ3n) is 4.48. The standard InChI is InChI=1S/C22H23ClN2O2/c1-22(2,3)17-9-7-16(8-10-17)20-21(26)25(14-19(23)24-20)13-15-5-11-18(27-4)12-6-15/h5-12,14H,13H2,1-4H3. The van der Waals surface area contributed by atoms with Crippen LogP contribution in [-0.4, -0.2) is 16.7 Å². The van der Waals surface area contributed by atoms with Crippen molar-refractivity contribution in [2.45, 2.75) is 32.7 Å². The van der Waals surface area contributed by atoms with Crippen molar-refractivity contribution in [3.63, 3.8) is 0 Å². The van der Waals surface area contributed by atoms with Gasteiger partial charge in [-0.1, -0.05) is 68.8 Å². The maximum atomic E-state index is 12.9. The first kappa shape index (κ1) is 19.2. The van der Waals surface area contributed by atoms with Crippen molar-refractivity contribution < 1.29 is 4.74 Å². The third-order valence-corrected chi connectivity index (χ3v) is 4.66. The second-order valence-electron chi connectivity index (χ2n) is 7.52. The summed E-state index contributed by atoms with van der Waals surface area (Å²) >= 11 is 6.20. The van der Waals surface area contributed by atoms with Gasteiger partial charge in [-0.2, -0.15) is 0 Å². The van der Waals surface area contributed by atoms with E-state index in [1.807, 2.05) is 48.5 Å². The molecule has 3 rings (SSSR count). The first-order chi connectivity index (χ1) is 12.8. The molecular formula is C22H23ClN2O2. The molecule has 4 nitrogen and oxygen atoms in total. The summed E-state index contributed by atoms with van der Waals surface area (Å²) in [7, 11) is 1.62. The number of benzene rings is 2. The molecule has 1 heterocycles. The molecule has 0 spiro atoms. The Balaban J connectivity index is 1.96. The van der Waals surface area contributed by atoms with Gasteiger partial charge in [-0.15, -0.1) is 0 Å². The van der Waals surface area contributed by atoms with Crippen LogP contribution in [-0.2, 0) is 12.0 Å². The predicted octanol–water partition coefficient (Wildman–Crippen LogP) is 4.92. The zero-order valence-electron chi connectivity index (χ0n) is 16.0. The molecule has 0 bridgehead atoms. The van der Waals surface area contributed by atoms with E-state index < -0.39 is 0 Å². The minimum atomic E-state index is -0.168.